The van der Waals surface area contributed by atoms with Gasteiger partial charge in [-0.15, -0.1) is 0 Å². The fourth-order valence-electron chi connectivity index (χ4n) is 2.87. The van der Waals surface area contributed by atoms with Crippen molar-refractivity contribution in [1.29, 1.82) is 0 Å². The second-order valence-corrected chi connectivity index (χ2v) is 5.63. The van der Waals surface area contributed by atoms with Crippen LogP contribution >= 0.6 is 0 Å². The highest BCUT2D eigenvalue weighted by Gasteiger charge is 2.35. The second-order valence-electron chi connectivity index (χ2n) is 5.63. The van der Waals surface area contributed by atoms with Crippen LogP contribution < -0.4 is 16.8 Å². The summed E-state index contributed by atoms with van der Waals surface area (Å²) >= 11 is 0. The van der Waals surface area contributed by atoms with Crippen LogP contribution in [0.1, 0.15) is 52.4 Å². The van der Waals surface area contributed by atoms with Gasteiger partial charge in [0.15, 0.2) is 0 Å². The fraction of sp³-hybridized carbons (Fsp3) is 0.857. The zero-order chi connectivity index (χ0) is 14.5. The van der Waals surface area contributed by atoms with Gasteiger partial charge in [-0.25, -0.2) is 0 Å². The van der Waals surface area contributed by atoms with Crippen LogP contribution in [0.4, 0.5) is 0 Å². The smallest absolute Gasteiger partial charge is 0.227 e. The summed E-state index contributed by atoms with van der Waals surface area (Å²) in [4.78, 5) is 23.6. The average molecular weight is 269 g/mol. The molecular formula is C14H27N3O2. The standard InChI is InChI=1S/C14H27N3O2/c1-3-14(4-2,9-15)13(19)17-11-7-5-6-10(8-11)12(16)18/h10-11H,3-9,15H2,1-2H3,(H2,16,18)(H,17,19). The average Bonchev–Trinajstić information content (AvgIpc) is 2.41. The van der Waals surface area contributed by atoms with Crippen LogP contribution in [-0.2, 0) is 9.59 Å². The normalized spacial score (nSPS) is 23.9. The number of nitrogens with one attached hydrogen (secondary N) is 1. The molecule has 0 heterocycles. The molecule has 1 aliphatic carbocycles. The van der Waals surface area contributed by atoms with Gasteiger partial charge in [-0.1, -0.05) is 20.3 Å². The molecule has 110 valence electrons. The van der Waals surface area contributed by atoms with Gasteiger partial charge in [-0.05, 0) is 32.1 Å². The Kier molecular flexibility index (Phi) is 5.79. The van der Waals surface area contributed by atoms with Crippen LogP contribution in [0, 0.1) is 11.3 Å². The maximum Gasteiger partial charge on any atom is 0.227 e. The molecule has 2 amide bonds. The number of carbonyl (C=O) groups excluding carboxylic acids is 2. The van der Waals surface area contributed by atoms with Gasteiger partial charge in [0.1, 0.15) is 0 Å². The van der Waals surface area contributed by atoms with Crippen molar-refractivity contribution in [3.8, 4) is 0 Å². The van der Waals surface area contributed by atoms with Gasteiger partial charge in [0.25, 0.3) is 0 Å². The van der Waals surface area contributed by atoms with E-state index in [2.05, 4.69) is 5.32 Å². The highest BCUT2D eigenvalue weighted by Crippen LogP contribution is 2.28. The zero-order valence-electron chi connectivity index (χ0n) is 12.1. The van der Waals surface area contributed by atoms with Gasteiger partial charge in [0.2, 0.25) is 11.8 Å². The van der Waals surface area contributed by atoms with E-state index in [-0.39, 0.29) is 23.8 Å². The van der Waals surface area contributed by atoms with Gasteiger partial charge < -0.3 is 16.8 Å². The highest BCUT2D eigenvalue weighted by atomic mass is 16.2. The Balaban J connectivity index is 2.63. The molecule has 0 aromatic heterocycles. The maximum absolute atomic E-state index is 12.4. The molecule has 1 fully saturated rings. The summed E-state index contributed by atoms with van der Waals surface area (Å²) in [5.74, 6) is -0.334. The van der Waals surface area contributed by atoms with Crippen LogP contribution in [-0.4, -0.2) is 24.4 Å². The van der Waals surface area contributed by atoms with Crippen molar-refractivity contribution in [2.45, 2.75) is 58.4 Å². The molecular weight excluding hydrogens is 242 g/mol. The van der Waals surface area contributed by atoms with E-state index < -0.39 is 5.41 Å². The quantitative estimate of drug-likeness (QED) is 0.668. The number of nitrogens with two attached hydrogens (primary N) is 2. The molecule has 0 saturated heterocycles. The van der Waals surface area contributed by atoms with E-state index in [0.717, 1.165) is 32.1 Å². The van der Waals surface area contributed by atoms with E-state index >= 15 is 0 Å². The molecule has 0 radical (unpaired) electrons. The Morgan fingerprint density at radius 1 is 1.26 bits per heavy atom. The summed E-state index contributed by atoms with van der Waals surface area (Å²) in [6, 6.07) is 0.0581. The van der Waals surface area contributed by atoms with E-state index in [1.807, 2.05) is 13.8 Å². The first kappa shape index (κ1) is 16.0. The Bertz CT molecular complexity index is 318. The van der Waals surface area contributed by atoms with Gasteiger partial charge >= 0.3 is 0 Å². The van der Waals surface area contributed by atoms with Crippen LogP contribution in [0.3, 0.4) is 0 Å². The van der Waals surface area contributed by atoms with Crippen LogP contribution in [0.15, 0.2) is 0 Å². The number of primary amides is 1. The van der Waals surface area contributed by atoms with Gasteiger partial charge in [0.05, 0.1) is 5.41 Å². The Hall–Kier alpha value is -1.10. The Morgan fingerprint density at radius 2 is 1.89 bits per heavy atom. The molecule has 1 rings (SSSR count). The van der Waals surface area contributed by atoms with Gasteiger partial charge in [0, 0.05) is 18.5 Å². The zero-order valence-corrected chi connectivity index (χ0v) is 12.1. The van der Waals surface area contributed by atoms with Crippen LogP contribution in [0.2, 0.25) is 0 Å². The lowest BCUT2D eigenvalue weighted by molar-refractivity contribution is -0.133. The Labute approximate surface area is 115 Å². The van der Waals surface area contributed by atoms with Crippen molar-refractivity contribution in [2.75, 3.05) is 6.54 Å². The van der Waals surface area contributed by atoms with Gasteiger partial charge in [-0.3, -0.25) is 9.59 Å². The molecule has 0 spiro atoms. The summed E-state index contributed by atoms with van der Waals surface area (Å²) in [5.41, 5.74) is 10.7. The van der Waals surface area contributed by atoms with E-state index in [1.54, 1.807) is 0 Å². The minimum absolute atomic E-state index is 0.0233. The van der Waals surface area contributed by atoms with E-state index in [0.29, 0.717) is 13.0 Å². The first-order chi connectivity index (χ1) is 8.99. The molecule has 5 N–H and O–H groups in total. The first-order valence-electron chi connectivity index (χ1n) is 7.29. The predicted molar refractivity (Wildman–Crippen MR) is 75.2 cm³/mol. The molecule has 5 nitrogen and oxygen atoms in total. The van der Waals surface area contributed by atoms with Crippen LogP contribution in [0.5, 0.6) is 0 Å². The Morgan fingerprint density at radius 3 is 2.37 bits per heavy atom. The molecule has 0 aliphatic heterocycles. The molecule has 1 aliphatic rings. The second kappa shape index (κ2) is 6.89. The number of amides is 2. The van der Waals surface area contributed by atoms with Gasteiger partial charge in [-0.2, -0.15) is 0 Å². The summed E-state index contributed by atoms with van der Waals surface area (Å²) < 4.78 is 0. The van der Waals surface area contributed by atoms with Crippen molar-refractivity contribution < 1.29 is 9.59 Å². The lowest BCUT2D eigenvalue weighted by Crippen LogP contribution is -2.50. The third-order valence-electron chi connectivity index (χ3n) is 4.64. The fourth-order valence-corrected chi connectivity index (χ4v) is 2.87. The number of rotatable bonds is 6. The topological polar surface area (TPSA) is 98.2 Å². The molecule has 2 unspecified atom stereocenters. The van der Waals surface area contributed by atoms with E-state index in [9.17, 15) is 9.59 Å². The summed E-state index contributed by atoms with van der Waals surface area (Å²) in [7, 11) is 0. The first-order valence-corrected chi connectivity index (χ1v) is 7.29. The van der Waals surface area contributed by atoms with E-state index in [4.69, 9.17) is 11.5 Å². The molecule has 1 saturated carbocycles. The highest BCUT2D eigenvalue weighted by molar-refractivity contribution is 5.83. The number of hydrogen-bond acceptors (Lipinski definition) is 3. The lowest BCUT2D eigenvalue weighted by Gasteiger charge is -2.34. The summed E-state index contributed by atoms with van der Waals surface area (Å²) in [6.07, 6.45) is 4.83. The van der Waals surface area contributed by atoms with Crippen molar-refractivity contribution >= 4 is 11.8 Å². The predicted octanol–water partition coefficient (Wildman–Crippen LogP) is 0.912. The lowest BCUT2D eigenvalue weighted by atomic mass is 9.80. The molecule has 0 aromatic rings. The summed E-state index contributed by atoms with van der Waals surface area (Å²) in [5, 5.41) is 3.07. The maximum atomic E-state index is 12.4. The third-order valence-corrected chi connectivity index (χ3v) is 4.64. The largest absolute Gasteiger partial charge is 0.369 e. The minimum Gasteiger partial charge on any atom is -0.369 e. The monoisotopic (exact) mass is 269 g/mol. The van der Waals surface area contributed by atoms with Crippen molar-refractivity contribution in [3.63, 3.8) is 0 Å². The molecule has 19 heavy (non-hydrogen) atoms. The van der Waals surface area contributed by atoms with E-state index in [1.165, 1.54) is 0 Å². The van der Waals surface area contributed by atoms with Crippen molar-refractivity contribution in [1.82, 2.24) is 5.32 Å². The number of carbonyl (C=O) groups is 2. The SMILES string of the molecule is CCC(CC)(CN)C(=O)NC1CCCC(C(N)=O)C1. The number of hydrogen-bond donors (Lipinski definition) is 3. The van der Waals surface area contributed by atoms with Crippen molar-refractivity contribution in [3.05, 3.63) is 0 Å². The molecule has 0 bridgehead atoms. The van der Waals surface area contributed by atoms with Crippen molar-refractivity contribution in [2.24, 2.45) is 22.8 Å². The summed E-state index contributed by atoms with van der Waals surface area (Å²) in [6.45, 7) is 4.34. The molecule has 2 atom stereocenters. The van der Waals surface area contributed by atoms with Crippen LogP contribution in [0.25, 0.3) is 0 Å². The third kappa shape index (κ3) is 3.69. The molecule has 5 heteroatoms. The molecule has 0 aromatic carbocycles. The minimum atomic E-state index is -0.473.